The molecular weight excluding hydrogens is 202 g/mol. The molecule has 0 amide bonds. The molecule has 0 radical (unpaired) electrons. The summed E-state index contributed by atoms with van der Waals surface area (Å²) in [5.74, 6) is 0.935. The summed E-state index contributed by atoms with van der Waals surface area (Å²) >= 11 is 0. The van der Waals surface area contributed by atoms with Gasteiger partial charge >= 0.3 is 0 Å². The molecule has 0 spiro atoms. The molecule has 1 heterocycles. The van der Waals surface area contributed by atoms with Crippen molar-refractivity contribution in [2.24, 2.45) is 5.92 Å². The summed E-state index contributed by atoms with van der Waals surface area (Å²) in [5.41, 5.74) is 0. The van der Waals surface area contributed by atoms with E-state index in [1.54, 1.807) is 6.92 Å². The third-order valence-corrected chi connectivity index (χ3v) is 4.16. The molecule has 1 unspecified atom stereocenters. The monoisotopic (exact) mass is 221 g/mol. The van der Waals surface area contributed by atoms with Crippen LogP contribution in [0.5, 0.6) is 0 Å². The van der Waals surface area contributed by atoms with Crippen molar-refractivity contribution in [2.45, 2.75) is 13.3 Å². The Hall–Kier alpha value is -0.130. The Labute approximate surface area is 85.9 Å². The minimum atomic E-state index is -2.86. The van der Waals surface area contributed by atoms with Gasteiger partial charge in [-0.1, -0.05) is 6.92 Å². The molecule has 1 N–H and O–H groups in total. The lowest BCUT2D eigenvalue weighted by molar-refractivity contribution is 0.118. The summed E-state index contributed by atoms with van der Waals surface area (Å²) in [4.78, 5) is 0. The minimum Gasteiger partial charge on any atom is -0.380 e. The van der Waals surface area contributed by atoms with Crippen LogP contribution in [0, 0.1) is 5.92 Å². The average molecular weight is 221 g/mol. The van der Waals surface area contributed by atoms with Crippen molar-refractivity contribution in [3.05, 3.63) is 0 Å². The van der Waals surface area contributed by atoms with Gasteiger partial charge in [-0.3, -0.25) is 0 Å². The van der Waals surface area contributed by atoms with Crippen molar-refractivity contribution in [3.63, 3.8) is 0 Å². The first kappa shape index (κ1) is 11.9. The van der Waals surface area contributed by atoms with Crippen LogP contribution in [0.25, 0.3) is 0 Å². The normalized spacial score (nSPS) is 22.8. The highest BCUT2D eigenvalue weighted by Gasteiger charge is 2.14. The quantitative estimate of drug-likeness (QED) is 0.644. The van der Waals surface area contributed by atoms with E-state index in [0.29, 0.717) is 19.1 Å². The summed E-state index contributed by atoms with van der Waals surface area (Å²) in [5, 5.41) is 3.24. The van der Waals surface area contributed by atoms with Crippen LogP contribution in [-0.2, 0) is 14.6 Å². The zero-order chi connectivity index (χ0) is 10.4. The lowest BCUT2D eigenvalue weighted by atomic mass is 10.1. The maximum Gasteiger partial charge on any atom is 0.152 e. The molecule has 0 bridgehead atoms. The third kappa shape index (κ3) is 4.39. The number of sulfone groups is 1. The Balaban J connectivity index is 2.04. The van der Waals surface area contributed by atoms with E-state index in [-0.39, 0.29) is 11.5 Å². The Morgan fingerprint density at radius 2 is 2.29 bits per heavy atom. The van der Waals surface area contributed by atoms with E-state index in [4.69, 9.17) is 4.74 Å². The van der Waals surface area contributed by atoms with Crippen LogP contribution >= 0.6 is 0 Å². The van der Waals surface area contributed by atoms with Gasteiger partial charge in [0.05, 0.1) is 19.0 Å². The van der Waals surface area contributed by atoms with E-state index in [2.05, 4.69) is 5.32 Å². The molecule has 0 aliphatic carbocycles. The number of hydrogen-bond donors (Lipinski definition) is 1. The van der Waals surface area contributed by atoms with Crippen LogP contribution in [0.4, 0.5) is 0 Å². The number of ether oxygens (including phenoxy) is 1. The smallest absolute Gasteiger partial charge is 0.152 e. The molecule has 1 fully saturated rings. The van der Waals surface area contributed by atoms with Crippen LogP contribution in [0.3, 0.4) is 0 Å². The Morgan fingerprint density at radius 1 is 1.50 bits per heavy atom. The predicted molar refractivity (Wildman–Crippen MR) is 56.1 cm³/mol. The molecule has 1 rings (SSSR count). The van der Waals surface area contributed by atoms with Gasteiger partial charge in [-0.05, 0) is 18.9 Å². The molecule has 0 aromatic rings. The minimum absolute atomic E-state index is 0.156. The SMILES string of the molecule is CCS(=O)(=O)CCOCC1CCNC1. The first-order chi connectivity index (χ1) is 6.64. The van der Waals surface area contributed by atoms with Crippen LogP contribution in [0.1, 0.15) is 13.3 Å². The van der Waals surface area contributed by atoms with Crippen molar-refractivity contribution >= 4 is 9.84 Å². The summed E-state index contributed by atoms with van der Waals surface area (Å²) in [7, 11) is -2.86. The molecule has 0 aromatic carbocycles. The number of hydrogen-bond acceptors (Lipinski definition) is 4. The van der Waals surface area contributed by atoms with Gasteiger partial charge in [0.2, 0.25) is 0 Å². The van der Waals surface area contributed by atoms with Crippen molar-refractivity contribution in [1.29, 1.82) is 0 Å². The average Bonchev–Trinajstić information content (AvgIpc) is 2.65. The van der Waals surface area contributed by atoms with E-state index in [1.165, 1.54) is 0 Å². The molecule has 0 saturated carbocycles. The van der Waals surface area contributed by atoms with Crippen molar-refractivity contribution in [3.8, 4) is 0 Å². The van der Waals surface area contributed by atoms with Gasteiger partial charge in [-0.2, -0.15) is 0 Å². The van der Waals surface area contributed by atoms with E-state index in [9.17, 15) is 8.42 Å². The molecule has 5 heteroatoms. The standard InChI is InChI=1S/C9H19NO3S/c1-2-14(11,12)6-5-13-8-9-3-4-10-7-9/h9-10H,2-8H2,1H3. The zero-order valence-electron chi connectivity index (χ0n) is 8.66. The summed E-state index contributed by atoms with van der Waals surface area (Å²) in [6.07, 6.45) is 1.14. The third-order valence-electron chi connectivity index (χ3n) is 2.49. The van der Waals surface area contributed by atoms with Gasteiger partial charge in [0.15, 0.2) is 9.84 Å². The van der Waals surface area contributed by atoms with Gasteiger partial charge < -0.3 is 10.1 Å². The second-order valence-electron chi connectivity index (χ2n) is 3.67. The van der Waals surface area contributed by atoms with Crippen LogP contribution < -0.4 is 5.32 Å². The maximum absolute atomic E-state index is 11.1. The van der Waals surface area contributed by atoms with Crippen molar-refractivity contribution in [2.75, 3.05) is 37.8 Å². The van der Waals surface area contributed by atoms with Crippen LogP contribution in [0.15, 0.2) is 0 Å². The largest absolute Gasteiger partial charge is 0.380 e. The topological polar surface area (TPSA) is 55.4 Å². The second kappa shape index (κ2) is 5.68. The summed E-state index contributed by atoms with van der Waals surface area (Å²) in [6.45, 7) is 4.75. The molecule has 4 nitrogen and oxygen atoms in total. The Bertz CT molecular complexity index is 245. The molecule has 1 aliphatic heterocycles. The van der Waals surface area contributed by atoms with E-state index < -0.39 is 9.84 Å². The lowest BCUT2D eigenvalue weighted by Crippen LogP contribution is -2.18. The highest BCUT2D eigenvalue weighted by atomic mass is 32.2. The highest BCUT2D eigenvalue weighted by molar-refractivity contribution is 7.91. The van der Waals surface area contributed by atoms with Gasteiger partial charge in [0, 0.05) is 12.3 Å². The summed E-state index contributed by atoms with van der Waals surface area (Å²) in [6, 6.07) is 0. The fourth-order valence-corrected chi connectivity index (χ4v) is 2.10. The molecule has 14 heavy (non-hydrogen) atoms. The van der Waals surface area contributed by atoms with E-state index >= 15 is 0 Å². The molecular formula is C9H19NO3S. The van der Waals surface area contributed by atoms with Crippen molar-refractivity contribution in [1.82, 2.24) is 5.32 Å². The van der Waals surface area contributed by atoms with Gasteiger partial charge in [-0.15, -0.1) is 0 Å². The molecule has 84 valence electrons. The van der Waals surface area contributed by atoms with Crippen molar-refractivity contribution < 1.29 is 13.2 Å². The molecule has 0 aromatic heterocycles. The molecule has 1 saturated heterocycles. The van der Waals surface area contributed by atoms with Gasteiger partial charge in [0.25, 0.3) is 0 Å². The predicted octanol–water partition coefficient (Wildman–Crippen LogP) is 0.0472. The Kier molecular flexibility index (Phi) is 4.84. The zero-order valence-corrected chi connectivity index (χ0v) is 9.48. The first-order valence-electron chi connectivity index (χ1n) is 5.13. The number of nitrogens with one attached hydrogen (secondary N) is 1. The van der Waals surface area contributed by atoms with Gasteiger partial charge in [0.1, 0.15) is 0 Å². The fraction of sp³-hybridized carbons (Fsp3) is 1.00. The van der Waals surface area contributed by atoms with Gasteiger partial charge in [-0.25, -0.2) is 8.42 Å². The maximum atomic E-state index is 11.1. The lowest BCUT2D eigenvalue weighted by Gasteiger charge is -2.08. The number of rotatable bonds is 6. The van der Waals surface area contributed by atoms with E-state index in [1.807, 2.05) is 0 Å². The first-order valence-corrected chi connectivity index (χ1v) is 6.95. The highest BCUT2D eigenvalue weighted by Crippen LogP contribution is 2.07. The Morgan fingerprint density at radius 3 is 2.86 bits per heavy atom. The van der Waals surface area contributed by atoms with E-state index in [0.717, 1.165) is 19.5 Å². The molecule has 1 atom stereocenters. The van der Waals surface area contributed by atoms with Crippen LogP contribution in [0.2, 0.25) is 0 Å². The molecule has 1 aliphatic rings. The summed E-state index contributed by atoms with van der Waals surface area (Å²) < 4.78 is 27.5. The second-order valence-corrected chi connectivity index (χ2v) is 6.14. The fourth-order valence-electron chi connectivity index (χ4n) is 1.44. The van der Waals surface area contributed by atoms with Crippen LogP contribution in [-0.4, -0.2) is 46.2 Å².